The van der Waals surface area contributed by atoms with Crippen molar-refractivity contribution in [2.75, 3.05) is 44.6 Å². The van der Waals surface area contributed by atoms with Crippen LogP contribution in [0.2, 0.25) is 5.02 Å². The number of ether oxygens (including phenoxy) is 2. The van der Waals surface area contributed by atoms with Crippen molar-refractivity contribution in [2.45, 2.75) is 95.3 Å². The third-order valence-electron chi connectivity index (χ3n) is 9.21. The molecule has 1 fully saturated rings. The molecule has 256 valence electrons. The molecule has 0 bridgehead atoms. The maximum absolute atomic E-state index is 14.4. The number of sulfonamides is 1. The van der Waals surface area contributed by atoms with Crippen LogP contribution in [0.25, 0.3) is 0 Å². The number of aliphatic hydroxyl groups excluding tert-OH is 1. The van der Waals surface area contributed by atoms with Crippen molar-refractivity contribution in [1.82, 2.24) is 9.80 Å². The number of carbonyl (C=O) groups is 1. The van der Waals surface area contributed by atoms with E-state index in [0.717, 1.165) is 32.4 Å². The number of likely N-dealkylation sites (N-methyl/N-ethyl adjacent to an activating group) is 1. The van der Waals surface area contributed by atoms with Crippen molar-refractivity contribution in [3.05, 3.63) is 53.1 Å². The monoisotopic (exact) mass is 677 g/mol. The molecule has 0 aromatic heterocycles. The van der Waals surface area contributed by atoms with Gasteiger partial charge in [0.2, 0.25) is 0 Å². The fourth-order valence-electron chi connectivity index (χ4n) is 6.47. The molecule has 11 heteroatoms. The Morgan fingerprint density at radius 1 is 1.02 bits per heavy atom. The average Bonchev–Trinajstić information content (AvgIpc) is 3.03. The van der Waals surface area contributed by atoms with Gasteiger partial charge < -0.3 is 24.4 Å². The van der Waals surface area contributed by atoms with Gasteiger partial charge in [0.15, 0.2) is 0 Å². The van der Waals surface area contributed by atoms with Crippen molar-refractivity contribution in [3.63, 3.8) is 0 Å². The average molecular weight is 678 g/mol. The minimum Gasteiger partial charge on any atom is -0.490 e. The van der Waals surface area contributed by atoms with E-state index in [1.165, 1.54) is 62.4 Å². The number of nitrogens with zero attached hydrogens (tertiary/aromatic N) is 2. The molecule has 1 saturated carbocycles. The van der Waals surface area contributed by atoms with E-state index in [0.29, 0.717) is 29.8 Å². The number of aliphatic hydroxyl groups is 1. The zero-order valence-electron chi connectivity index (χ0n) is 27.8. The van der Waals surface area contributed by atoms with Crippen LogP contribution >= 0.6 is 11.6 Å². The van der Waals surface area contributed by atoms with E-state index in [-0.39, 0.29) is 46.8 Å². The summed E-state index contributed by atoms with van der Waals surface area (Å²) in [5.74, 6) is 0.732. The van der Waals surface area contributed by atoms with Gasteiger partial charge in [-0.15, -0.1) is 0 Å². The van der Waals surface area contributed by atoms with Crippen molar-refractivity contribution in [1.29, 1.82) is 0 Å². The van der Waals surface area contributed by atoms with Crippen molar-refractivity contribution >= 4 is 33.2 Å². The Labute approximate surface area is 280 Å². The molecule has 1 heterocycles. The fourth-order valence-corrected chi connectivity index (χ4v) is 7.64. The number of anilines is 1. The van der Waals surface area contributed by atoms with E-state index in [9.17, 15) is 18.3 Å². The van der Waals surface area contributed by atoms with Crippen molar-refractivity contribution < 1.29 is 27.8 Å². The van der Waals surface area contributed by atoms with Crippen LogP contribution in [0.1, 0.15) is 82.5 Å². The molecule has 46 heavy (non-hydrogen) atoms. The Morgan fingerprint density at radius 2 is 1.72 bits per heavy atom. The number of amides is 1. The van der Waals surface area contributed by atoms with Crippen molar-refractivity contribution in [2.24, 2.45) is 11.8 Å². The van der Waals surface area contributed by atoms with E-state index in [1.54, 1.807) is 17.0 Å². The zero-order chi connectivity index (χ0) is 33.3. The van der Waals surface area contributed by atoms with Gasteiger partial charge in [-0.2, -0.15) is 0 Å². The Morgan fingerprint density at radius 3 is 2.41 bits per heavy atom. The van der Waals surface area contributed by atoms with Gasteiger partial charge in [0.25, 0.3) is 15.9 Å². The SMILES string of the molecule is C[C@@H]1CCCCO[C@@H](CN(C)CC2CCCCC2)[C@H](C)CN([C@@H](C)CO)C(=O)c2cc(NS(=O)(=O)c3ccc(Cl)cc3)ccc2O1. The molecule has 2 N–H and O–H groups in total. The highest BCUT2D eigenvalue weighted by molar-refractivity contribution is 7.92. The summed E-state index contributed by atoms with van der Waals surface area (Å²) in [4.78, 5) is 18.5. The molecule has 1 aliphatic carbocycles. The van der Waals surface area contributed by atoms with Gasteiger partial charge in [0.05, 0.1) is 35.3 Å². The van der Waals surface area contributed by atoms with Crippen LogP contribution in [-0.2, 0) is 14.8 Å². The van der Waals surface area contributed by atoms with Gasteiger partial charge in [-0.3, -0.25) is 9.52 Å². The molecule has 0 spiro atoms. The van der Waals surface area contributed by atoms with Gasteiger partial charge >= 0.3 is 0 Å². The van der Waals surface area contributed by atoms with Crippen LogP contribution in [0.4, 0.5) is 5.69 Å². The largest absolute Gasteiger partial charge is 0.490 e. The zero-order valence-corrected chi connectivity index (χ0v) is 29.4. The molecule has 2 aromatic carbocycles. The topological polar surface area (TPSA) is 108 Å². The second-order valence-electron chi connectivity index (χ2n) is 13.3. The summed E-state index contributed by atoms with van der Waals surface area (Å²) in [6.45, 7) is 8.46. The second-order valence-corrected chi connectivity index (χ2v) is 15.4. The summed E-state index contributed by atoms with van der Waals surface area (Å²) in [5.41, 5.74) is 0.467. The maximum Gasteiger partial charge on any atom is 0.261 e. The third-order valence-corrected chi connectivity index (χ3v) is 10.9. The number of carbonyl (C=O) groups excluding carboxylic acids is 1. The van der Waals surface area contributed by atoms with E-state index in [4.69, 9.17) is 21.1 Å². The molecule has 1 aliphatic heterocycles. The number of hydrogen-bond acceptors (Lipinski definition) is 7. The normalized spacial score (nSPS) is 23.3. The lowest BCUT2D eigenvalue weighted by Gasteiger charge is -2.36. The van der Waals surface area contributed by atoms with Crippen LogP contribution < -0.4 is 9.46 Å². The first kappa shape index (κ1) is 36.5. The second kappa shape index (κ2) is 17.2. The number of fused-ring (bicyclic) bond motifs is 1. The molecule has 4 rings (SSSR count). The highest BCUT2D eigenvalue weighted by Gasteiger charge is 2.31. The molecule has 0 saturated heterocycles. The number of hydrogen-bond donors (Lipinski definition) is 2. The standard InChI is InChI=1S/C35H52ClN3O6S/c1-25-21-39(26(2)24-40)35(41)32-20-30(37-46(42,43)31-16-13-29(36)14-17-31)15-18-33(32)45-27(3)10-8-9-19-44-34(25)23-38(4)22-28-11-6-5-7-12-28/h13-18,20,25-28,34,37,40H,5-12,19,21-24H2,1-4H3/t25-,26+,27-,34+/m1/s1. The highest BCUT2D eigenvalue weighted by Crippen LogP contribution is 2.30. The van der Waals surface area contributed by atoms with Crippen LogP contribution in [-0.4, -0.2) is 87.4 Å². The third kappa shape index (κ3) is 10.3. The molecular weight excluding hydrogens is 626 g/mol. The molecule has 0 unspecified atom stereocenters. The minimum atomic E-state index is -3.94. The van der Waals surface area contributed by atoms with Crippen molar-refractivity contribution in [3.8, 4) is 5.75 Å². The molecule has 0 radical (unpaired) electrons. The lowest BCUT2D eigenvalue weighted by atomic mass is 9.89. The summed E-state index contributed by atoms with van der Waals surface area (Å²) in [6, 6.07) is 10.2. The summed E-state index contributed by atoms with van der Waals surface area (Å²) in [5, 5.41) is 10.7. The Kier molecular flexibility index (Phi) is 13.6. The first-order valence-electron chi connectivity index (χ1n) is 16.8. The van der Waals surface area contributed by atoms with Crippen LogP contribution in [0.5, 0.6) is 5.75 Å². The highest BCUT2D eigenvalue weighted by atomic mass is 35.5. The molecule has 9 nitrogen and oxygen atoms in total. The van der Waals surface area contributed by atoms with Crippen LogP contribution in [0.15, 0.2) is 47.4 Å². The summed E-state index contributed by atoms with van der Waals surface area (Å²) >= 11 is 5.96. The summed E-state index contributed by atoms with van der Waals surface area (Å²) in [6.07, 6.45) is 8.82. The van der Waals surface area contributed by atoms with E-state index in [1.807, 2.05) is 13.8 Å². The van der Waals surface area contributed by atoms with Gasteiger partial charge in [-0.25, -0.2) is 8.42 Å². The van der Waals surface area contributed by atoms with Gasteiger partial charge in [-0.1, -0.05) is 37.8 Å². The predicted octanol–water partition coefficient (Wildman–Crippen LogP) is 6.45. The quantitative estimate of drug-likeness (QED) is 0.314. The first-order chi connectivity index (χ1) is 22.0. The molecule has 2 aliphatic rings. The number of rotatable bonds is 9. The Hall–Kier alpha value is -2.37. The molecule has 1 amide bonds. The molecule has 2 aromatic rings. The van der Waals surface area contributed by atoms with E-state index < -0.39 is 16.1 Å². The number of halogens is 1. The fraction of sp³-hybridized carbons (Fsp3) is 0.629. The van der Waals surface area contributed by atoms with Gasteiger partial charge in [0.1, 0.15) is 5.75 Å². The summed E-state index contributed by atoms with van der Waals surface area (Å²) in [7, 11) is -1.78. The number of nitrogens with one attached hydrogen (secondary N) is 1. The van der Waals surface area contributed by atoms with Crippen LogP contribution in [0.3, 0.4) is 0 Å². The molecular formula is C35H52ClN3O6S. The van der Waals surface area contributed by atoms with Crippen LogP contribution in [0, 0.1) is 11.8 Å². The lowest BCUT2D eigenvalue weighted by Crippen LogP contribution is -2.47. The van der Waals surface area contributed by atoms with E-state index >= 15 is 0 Å². The van der Waals surface area contributed by atoms with E-state index in [2.05, 4.69) is 23.6 Å². The lowest BCUT2D eigenvalue weighted by molar-refractivity contribution is -0.0190. The Balaban J connectivity index is 1.62. The molecule has 4 atom stereocenters. The smallest absolute Gasteiger partial charge is 0.261 e. The number of benzene rings is 2. The Bertz CT molecular complexity index is 1370. The predicted molar refractivity (Wildman–Crippen MR) is 183 cm³/mol. The van der Waals surface area contributed by atoms with Gasteiger partial charge in [0, 0.05) is 42.9 Å². The van der Waals surface area contributed by atoms with Gasteiger partial charge in [-0.05, 0) is 101 Å². The summed E-state index contributed by atoms with van der Waals surface area (Å²) < 4.78 is 41.7. The first-order valence-corrected chi connectivity index (χ1v) is 18.6. The minimum absolute atomic E-state index is 0.0235. The maximum atomic E-state index is 14.4.